The molecule has 2 aromatic rings. The van der Waals surface area contributed by atoms with Gasteiger partial charge in [0, 0.05) is 11.1 Å². The molecule has 0 saturated carbocycles. The lowest BCUT2D eigenvalue weighted by atomic mass is 10.0. The summed E-state index contributed by atoms with van der Waals surface area (Å²) in [7, 11) is 1.58. The summed E-state index contributed by atoms with van der Waals surface area (Å²) in [5.74, 6) is 0.514. The van der Waals surface area contributed by atoms with Crippen molar-refractivity contribution < 1.29 is 18.7 Å². The fourth-order valence-corrected chi connectivity index (χ4v) is 2.15. The standard InChI is InChI=1S/C16H14ClFO3/c1-10(19)14-7-11(18)8-16(17)15(14)9-21-13-5-3-12(20-2)4-6-13/h3-8H,9H2,1-2H3. The van der Waals surface area contributed by atoms with E-state index in [0.717, 1.165) is 0 Å². The van der Waals surface area contributed by atoms with Crippen LogP contribution in [0.25, 0.3) is 0 Å². The lowest BCUT2D eigenvalue weighted by Gasteiger charge is -2.12. The average molecular weight is 309 g/mol. The predicted octanol–water partition coefficient (Wildman–Crippen LogP) is 4.27. The van der Waals surface area contributed by atoms with Crippen LogP contribution >= 0.6 is 11.6 Å². The number of hydrogen-bond donors (Lipinski definition) is 0. The molecule has 0 aromatic heterocycles. The average Bonchev–Trinajstić information content (AvgIpc) is 2.46. The minimum absolute atomic E-state index is 0.0837. The van der Waals surface area contributed by atoms with Crippen molar-refractivity contribution in [2.75, 3.05) is 7.11 Å². The largest absolute Gasteiger partial charge is 0.497 e. The molecule has 0 bridgehead atoms. The van der Waals surface area contributed by atoms with Gasteiger partial charge in [-0.05, 0) is 43.3 Å². The van der Waals surface area contributed by atoms with Gasteiger partial charge in [-0.25, -0.2) is 4.39 Å². The van der Waals surface area contributed by atoms with Gasteiger partial charge in [0.25, 0.3) is 0 Å². The first-order valence-electron chi connectivity index (χ1n) is 6.27. The molecule has 0 fully saturated rings. The number of Topliss-reactive ketones (excluding diaryl/α,β-unsaturated/α-hetero) is 1. The van der Waals surface area contributed by atoms with Crippen LogP contribution in [-0.4, -0.2) is 12.9 Å². The van der Waals surface area contributed by atoms with Crippen LogP contribution in [0.1, 0.15) is 22.8 Å². The van der Waals surface area contributed by atoms with Gasteiger partial charge in [0.2, 0.25) is 0 Å². The number of rotatable bonds is 5. The van der Waals surface area contributed by atoms with E-state index >= 15 is 0 Å². The maximum atomic E-state index is 13.3. The van der Waals surface area contributed by atoms with Gasteiger partial charge in [0.05, 0.1) is 12.1 Å². The Bertz CT molecular complexity index is 653. The molecule has 3 nitrogen and oxygen atoms in total. The van der Waals surface area contributed by atoms with Crippen LogP contribution in [0.2, 0.25) is 5.02 Å². The second-order valence-corrected chi connectivity index (χ2v) is 4.84. The molecule has 0 heterocycles. The molecule has 0 aliphatic carbocycles. The van der Waals surface area contributed by atoms with Crippen LogP contribution < -0.4 is 9.47 Å². The van der Waals surface area contributed by atoms with Crippen LogP contribution in [0.3, 0.4) is 0 Å². The Hall–Kier alpha value is -2.07. The van der Waals surface area contributed by atoms with Crippen LogP contribution in [-0.2, 0) is 6.61 Å². The Morgan fingerprint density at radius 1 is 1.19 bits per heavy atom. The molecule has 110 valence electrons. The maximum Gasteiger partial charge on any atom is 0.160 e. The number of methoxy groups -OCH3 is 1. The third-order valence-electron chi connectivity index (χ3n) is 2.98. The molecule has 0 aliphatic heterocycles. The highest BCUT2D eigenvalue weighted by atomic mass is 35.5. The van der Waals surface area contributed by atoms with Crippen LogP contribution in [0.4, 0.5) is 4.39 Å². The van der Waals surface area contributed by atoms with Crippen molar-refractivity contribution in [1.29, 1.82) is 0 Å². The van der Waals surface area contributed by atoms with Gasteiger partial charge in [-0.2, -0.15) is 0 Å². The van der Waals surface area contributed by atoms with Gasteiger partial charge in [-0.1, -0.05) is 11.6 Å². The number of carbonyl (C=O) groups excluding carboxylic acids is 1. The van der Waals surface area contributed by atoms with E-state index in [9.17, 15) is 9.18 Å². The summed E-state index contributed by atoms with van der Waals surface area (Å²) >= 11 is 6.00. The summed E-state index contributed by atoms with van der Waals surface area (Å²) in [6.45, 7) is 1.45. The topological polar surface area (TPSA) is 35.5 Å². The van der Waals surface area contributed by atoms with Crippen LogP contribution in [0.15, 0.2) is 36.4 Å². The van der Waals surface area contributed by atoms with Gasteiger partial charge in [-0.15, -0.1) is 0 Å². The lowest BCUT2D eigenvalue weighted by molar-refractivity contribution is 0.101. The molecule has 0 saturated heterocycles. The molecule has 0 aliphatic rings. The van der Waals surface area contributed by atoms with E-state index in [1.165, 1.54) is 19.1 Å². The summed E-state index contributed by atoms with van der Waals surface area (Å²) in [5.41, 5.74) is 0.704. The fraction of sp³-hybridized carbons (Fsp3) is 0.188. The summed E-state index contributed by atoms with van der Waals surface area (Å²) in [5, 5.41) is 0.175. The quantitative estimate of drug-likeness (QED) is 0.774. The van der Waals surface area contributed by atoms with Crippen molar-refractivity contribution in [3.8, 4) is 11.5 Å². The third-order valence-corrected chi connectivity index (χ3v) is 3.32. The molecule has 0 spiro atoms. The van der Waals surface area contributed by atoms with E-state index < -0.39 is 5.82 Å². The molecule has 0 radical (unpaired) electrons. The smallest absolute Gasteiger partial charge is 0.160 e. The number of hydrogen-bond acceptors (Lipinski definition) is 3. The van der Waals surface area contributed by atoms with E-state index in [1.54, 1.807) is 31.4 Å². The molecule has 2 rings (SSSR count). The molecular weight excluding hydrogens is 295 g/mol. The van der Waals surface area contributed by atoms with E-state index in [2.05, 4.69) is 0 Å². The zero-order chi connectivity index (χ0) is 15.4. The van der Waals surface area contributed by atoms with Gasteiger partial charge in [0.1, 0.15) is 23.9 Å². The number of ether oxygens (including phenoxy) is 2. The molecule has 2 aromatic carbocycles. The van der Waals surface area contributed by atoms with Crippen molar-refractivity contribution in [1.82, 2.24) is 0 Å². The summed E-state index contributed by atoms with van der Waals surface area (Å²) in [6, 6.07) is 9.33. The van der Waals surface area contributed by atoms with E-state index in [1.807, 2.05) is 0 Å². The maximum absolute atomic E-state index is 13.3. The van der Waals surface area contributed by atoms with Crippen molar-refractivity contribution in [2.24, 2.45) is 0 Å². The predicted molar refractivity (Wildman–Crippen MR) is 78.7 cm³/mol. The minimum atomic E-state index is -0.543. The van der Waals surface area contributed by atoms with Crippen LogP contribution in [0, 0.1) is 5.82 Å². The van der Waals surface area contributed by atoms with Gasteiger partial charge >= 0.3 is 0 Å². The lowest BCUT2D eigenvalue weighted by Crippen LogP contribution is -2.05. The van der Waals surface area contributed by atoms with Gasteiger partial charge in [0.15, 0.2) is 5.78 Å². The van der Waals surface area contributed by atoms with Crippen molar-refractivity contribution >= 4 is 17.4 Å². The second-order valence-electron chi connectivity index (χ2n) is 4.43. The molecule has 21 heavy (non-hydrogen) atoms. The highest BCUT2D eigenvalue weighted by Crippen LogP contribution is 2.25. The van der Waals surface area contributed by atoms with Crippen molar-refractivity contribution in [2.45, 2.75) is 13.5 Å². The first kappa shape index (κ1) is 15.3. The second kappa shape index (κ2) is 6.59. The third kappa shape index (κ3) is 3.73. The number of ketones is 1. The molecule has 0 unspecified atom stereocenters. The summed E-state index contributed by atoms with van der Waals surface area (Å²) in [6.07, 6.45) is 0. The SMILES string of the molecule is COc1ccc(OCc2c(Cl)cc(F)cc2C(C)=O)cc1. The summed E-state index contributed by atoms with van der Waals surface area (Å²) in [4.78, 5) is 11.6. The van der Waals surface area contributed by atoms with Crippen LogP contribution in [0.5, 0.6) is 11.5 Å². The van der Waals surface area contributed by atoms with E-state index in [4.69, 9.17) is 21.1 Å². The van der Waals surface area contributed by atoms with E-state index in [-0.39, 0.29) is 23.0 Å². The Morgan fingerprint density at radius 3 is 2.38 bits per heavy atom. The zero-order valence-corrected chi connectivity index (χ0v) is 12.4. The van der Waals surface area contributed by atoms with E-state index in [0.29, 0.717) is 17.1 Å². The highest BCUT2D eigenvalue weighted by molar-refractivity contribution is 6.31. The van der Waals surface area contributed by atoms with Crippen molar-refractivity contribution in [3.63, 3.8) is 0 Å². The monoisotopic (exact) mass is 308 g/mol. The number of benzene rings is 2. The van der Waals surface area contributed by atoms with Gasteiger partial charge in [-0.3, -0.25) is 4.79 Å². The van der Waals surface area contributed by atoms with Gasteiger partial charge < -0.3 is 9.47 Å². The Morgan fingerprint density at radius 2 is 1.81 bits per heavy atom. The normalized spacial score (nSPS) is 10.3. The zero-order valence-electron chi connectivity index (χ0n) is 11.7. The molecule has 0 N–H and O–H groups in total. The highest BCUT2D eigenvalue weighted by Gasteiger charge is 2.14. The number of halogens is 2. The Kier molecular flexibility index (Phi) is 4.81. The molecule has 5 heteroatoms. The first-order valence-corrected chi connectivity index (χ1v) is 6.64. The van der Waals surface area contributed by atoms with Crippen molar-refractivity contribution in [3.05, 3.63) is 58.4 Å². The fourth-order valence-electron chi connectivity index (χ4n) is 1.89. The Balaban J connectivity index is 2.20. The molecule has 0 atom stereocenters. The number of carbonyl (C=O) groups is 1. The first-order chi connectivity index (χ1) is 10.0. The minimum Gasteiger partial charge on any atom is -0.497 e. The molecular formula is C16H14ClFO3. The molecule has 0 amide bonds. The summed E-state index contributed by atoms with van der Waals surface area (Å²) < 4.78 is 24.0. The Labute approximate surface area is 127 Å².